The van der Waals surface area contributed by atoms with Crippen molar-refractivity contribution in [3.05, 3.63) is 69.3 Å². The molecule has 0 amide bonds. The Bertz CT molecular complexity index is 1980. The number of aliphatic hydroxyl groups is 3. The predicted molar refractivity (Wildman–Crippen MR) is 196 cm³/mol. The molecular formula is C38H49N5O7. The van der Waals surface area contributed by atoms with Gasteiger partial charge in [-0.25, -0.2) is 9.97 Å². The van der Waals surface area contributed by atoms with Gasteiger partial charge in [-0.15, -0.1) is 0 Å². The molecule has 2 aliphatic rings. The average molecular weight is 688 g/mol. The maximum Gasteiger partial charge on any atom is 0.303 e. The number of nitrogens with one attached hydrogen (secondary N) is 3. The van der Waals surface area contributed by atoms with E-state index in [1.165, 1.54) is 5.56 Å². The number of aliphatic hydroxyl groups excluding tert-OH is 3. The number of rotatable bonds is 12. The van der Waals surface area contributed by atoms with Crippen LogP contribution in [0.4, 0.5) is 0 Å². The number of aromatic amines is 2. The van der Waals surface area contributed by atoms with Crippen LogP contribution in [-0.4, -0.2) is 83.7 Å². The zero-order valence-corrected chi connectivity index (χ0v) is 29.7. The lowest BCUT2D eigenvalue weighted by molar-refractivity contribution is -0.137. The number of aromatic nitrogens is 4. The molecule has 50 heavy (non-hydrogen) atoms. The summed E-state index contributed by atoms with van der Waals surface area (Å²) in [4.78, 5) is 40.1. The van der Waals surface area contributed by atoms with Gasteiger partial charge in [-0.3, -0.25) is 9.59 Å². The summed E-state index contributed by atoms with van der Waals surface area (Å²) in [5, 5.41) is 48.8. The topological polar surface area (TPSA) is 205 Å². The van der Waals surface area contributed by atoms with Crippen molar-refractivity contribution in [1.29, 1.82) is 0 Å². The number of carbonyl (C=O) groups is 2. The standard InChI is InChI=1S/C34H38N4O5.C4H11NO2/c1-7-21-16(2)24-12-25-17(3)22(8-10-32(40)41)29(36-25)15-30-23(9-11-33(42)43)18(4)26(37-30)14-31-34(20(6)39)19(5)27(38-31)13-28(21)35-24;6-3-1-5-2-4-7/h12-15,20,35,38-39H,7-11H2,1-6H3,(H,40,41)(H,42,43);5-7H,1-4H2. The van der Waals surface area contributed by atoms with Crippen LogP contribution < -0.4 is 5.32 Å². The van der Waals surface area contributed by atoms with E-state index in [-0.39, 0.29) is 32.5 Å². The number of hydrogen-bond acceptors (Lipinski definition) is 8. The van der Waals surface area contributed by atoms with E-state index in [0.717, 1.165) is 73.2 Å². The van der Waals surface area contributed by atoms with Gasteiger partial charge in [0, 0.05) is 53.6 Å². The summed E-state index contributed by atoms with van der Waals surface area (Å²) < 4.78 is 0. The minimum atomic E-state index is -0.903. The number of hydrogen-bond donors (Lipinski definition) is 8. The fraction of sp³-hybridized carbons (Fsp3) is 0.421. The quantitative estimate of drug-likeness (QED) is 0.109. The van der Waals surface area contributed by atoms with Gasteiger partial charge in [0.15, 0.2) is 0 Å². The molecule has 268 valence electrons. The van der Waals surface area contributed by atoms with Crippen LogP contribution in [0.2, 0.25) is 0 Å². The van der Waals surface area contributed by atoms with Crippen molar-refractivity contribution in [2.45, 2.75) is 79.8 Å². The zero-order chi connectivity index (χ0) is 36.7. The van der Waals surface area contributed by atoms with Crippen molar-refractivity contribution in [3.63, 3.8) is 0 Å². The Morgan fingerprint density at radius 2 is 1.20 bits per heavy atom. The van der Waals surface area contributed by atoms with E-state index >= 15 is 0 Å². The Morgan fingerprint density at radius 3 is 1.66 bits per heavy atom. The first-order valence-electron chi connectivity index (χ1n) is 17.0. The second-order valence-corrected chi connectivity index (χ2v) is 12.6. The summed E-state index contributed by atoms with van der Waals surface area (Å²) in [6, 6.07) is 7.85. The molecule has 0 saturated heterocycles. The van der Waals surface area contributed by atoms with Crippen LogP contribution in [0.15, 0.2) is 24.3 Å². The number of nitrogens with zero attached hydrogens (tertiary/aromatic N) is 2. The van der Waals surface area contributed by atoms with Gasteiger partial charge in [-0.1, -0.05) is 6.92 Å². The lowest BCUT2D eigenvalue weighted by atomic mass is 9.98. The highest BCUT2D eigenvalue weighted by molar-refractivity contribution is 5.96. The first-order valence-corrected chi connectivity index (χ1v) is 17.0. The second kappa shape index (κ2) is 16.9. The molecule has 3 aromatic heterocycles. The van der Waals surface area contributed by atoms with E-state index in [0.29, 0.717) is 36.6 Å². The molecule has 5 rings (SSSR count). The molecule has 0 fully saturated rings. The molecule has 8 N–H and O–H groups in total. The largest absolute Gasteiger partial charge is 0.481 e. The molecule has 0 aliphatic carbocycles. The highest BCUT2D eigenvalue weighted by atomic mass is 16.4. The van der Waals surface area contributed by atoms with E-state index in [1.807, 2.05) is 39.0 Å². The molecule has 1 atom stereocenters. The van der Waals surface area contributed by atoms with Crippen LogP contribution in [0.1, 0.15) is 105 Å². The Hall–Kier alpha value is -4.62. The SMILES string of the molecule is CCc1c(C)c2cc3nc(cc4nc(cc5[nH]c(cc1[nH]2)c(C)c5C(C)O)C(C)=C4CCC(=O)O)C(CCC(=O)O)=C3C.OCCNCCO. The van der Waals surface area contributed by atoms with Gasteiger partial charge >= 0.3 is 11.9 Å². The average Bonchev–Trinajstić information content (AvgIpc) is 3.72. The summed E-state index contributed by atoms with van der Waals surface area (Å²) in [7, 11) is 0. The molecule has 0 radical (unpaired) electrons. The van der Waals surface area contributed by atoms with Crippen molar-refractivity contribution in [2.75, 3.05) is 26.3 Å². The van der Waals surface area contributed by atoms with Crippen molar-refractivity contribution in [2.24, 2.45) is 0 Å². The number of carboxylic acids is 2. The summed E-state index contributed by atoms with van der Waals surface area (Å²) in [6.45, 7) is 13.2. The van der Waals surface area contributed by atoms with Gasteiger partial charge in [0.05, 0.1) is 42.1 Å². The predicted octanol–water partition coefficient (Wildman–Crippen LogP) is 5.70. The minimum Gasteiger partial charge on any atom is -0.481 e. The number of H-pyrrole nitrogens is 2. The Morgan fingerprint density at radius 1 is 0.720 bits per heavy atom. The van der Waals surface area contributed by atoms with Gasteiger partial charge in [0.2, 0.25) is 0 Å². The van der Waals surface area contributed by atoms with Crippen LogP contribution >= 0.6 is 0 Å². The third kappa shape index (κ3) is 8.56. The summed E-state index contributed by atoms with van der Waals surface area (Å²) >= 11 is 0. The maximum absolute atomic E-state index is 11.5. The van der Waals surface area contributed by atoms with Crippen molar-refractivity contribution < 1.29 is 35.1 Å². The monoisotopic (exact) mass is 687 g/mol. The van der Waals surface area contributed by atoms with Crippen LogP contribution in [0.5, 0.6) is 0 Å². The van der Waals surface area contributed by atoms with E-state index in [4.69, 9.17) is 20.2 Å². The molecule has 8 bridgehead atoms. The minimum absolute atomic E-state index is 0.0395. The van der Waals surface area contributed by atoms with Crippen molar-refractivity contribution in [1.82, 2.24) is 25.3 Å². The first kappa shape index (κ1) is 38.2. The van der Waals surface area contributed by atoms with E-state index in [2.05, 4.69) is 35.2 Å². The van der Waals surface area contributed by atoms with E-state index in [9.17, 15) is 24.9 Å². The zero-order valence-electron chi connectivity index (χ0n) is 29.7. The van der Waals surface area contributed by atoms with Crippen LogP contribution in [0, 0.1) is 13.8 Å². The van der Waals surface area contributed by atoms with Crippen LogP contribution in [-0.2, 0) is 16.0 Å². The van der Waals surface area contributed by atoms with Crippen LogP contribution in [0.25, 0.3) is 44.4 Å². The normalized spacial score (nSPS) is 13.4. The molecule has 5 heterocycles. The lowest BCUT2D eigenvalue weighted by Crippen LogP contribution is -2.21. The Balaban J connectivity index is 0.000000727. The van der Waals surface area contributed by atoms with Gasteiger partial charge in [-0.05, 0) is 117 Å². The number of fused-ring (bicyclic) bond motifs is 8. The third-order valence-electron chi connectivity index (χ3n) is 9.24. The number of carboxylic acid groups (broad SMARTS) is 2. The third-order valence-corrected chi connectivity index (χ3v) is 9.24. The van der Waals surface area contributed by atoms with E-state index in [1.54, 1.807) is 6.92 Å². The maximum atomic E-state index is 11.5. The highest BCUT2D eigenvalue weighted by Crippen LogP contribution is 2.38. The molecule has 0 aromatic carbocycles. The number of aliphatic carboxylic acids is 2. The molecular weight excluding hydrogens is 638 g/mol. The Labute approximate surface area is 291 Å². The van der Waals surface area contributed by atoms with Gasteiger partial charge in [0.1, 0.15) is 0 Å². The fourth-order valence-electron chi connectivity index (χ4n) is 6.55. The van der Waals surface area contributed by atoms with Crippen LogP contribution in [0.3, 0.4) is 0 Å². The number of aryl methyl sites for hydroxylation is 3. The molecule has 1 unspecified atom stereocenters. The lowest BCUT2D eigenvalue weighted by Gasteiger charge is -2.05. The van der Waals surface area contributed by atoms with Crippen molar-refractivity contribution >= 4 is 56.3 Å². The molecule has 2 aliphatic heterocycles. The summed E-state index contributed by atoms with van der Waals surface area (Å²) in [6.07, 6.45) is 0.583. The molecule has 12 heteroatoms. The smallest absolute Gasteiger partial charge is 0.303 e. The Kier molecular flexibility index (Phi) is 12.9. The van der Waals surface area contributed by atoms with Gasteiger partial charge in [-0.2, -0.15) is 0 Å². The molecule has 0 spiro atoms. The van der Waals surface area contributed by atoms with Gasteiger partial charge < -0.3 is 40.8 Å². The van der Waals surface area contributed by atoms with Crippen molar-refractivity contribution in [3.8, 4) is 0 Å². The highest BCUT2D eigenvalue weighted by Gasteiger charge is 2.23. The summed E-state index contributed by atoms with van der Waals surface area (Å²) in [5.74, 6) is -1.79. The van der Waals surface area contributed by atoms with Gasteiger partial charge in [0.25, 0.3) is 0 Å². The summed E-state index contributed by atoms with van der Waals surface area (Å²) in [5.41, 5.74) is 13.6. The molecule has 12 nitrogen and oxygen atoms in total. The molecule has 3 aromatic rings. The number of allylic oxidation sites excluding steroid dienone is 4. The first-order chi connectivity index (χ1) is 23.8. The van der Waals surface area contributed by atoms with E-state index < -0.39 is 18.0 Å². The molecule has 0 saturated carbocycles. The second-order valence-electron chi connectivity index (χ2n) is 12.6. The fourth-order valence-corrected chi connectivity index (χ4v) is 6.55.